The van der Waals surface area contributed by atoms with Crippen molar-refractivity contribution >= 4 is 64.4 Å². The molecule has 0 spiro atoms. The summed E-state index contributed by atoms with van der Waals surface area (Å²) in [5, 5.41) is 6.01. The molecule has 8 aliphatic heterocycles. The minimum atomic E-state index is -0.278. The molecule has 0 saturated carbocycles. The van der Waals surface area contributed by atoms with Gasteiger partial charge in [-0.3, -0.25) is 67.7 Å². The molecule has 1 aromatic rings. The van der Waals surface area contributed by atoms with Crippen molar-refractivity contribution in [2.24, 2.45) is 0 Å². The monoisotopic (exact) mass is 1470 g/mol. The van der Waals surface area contributed by atoms with Crippen LogP contribution in [0.4, 0.5) is 9.59 Å². The maximum absolute atomic E-state index is 11.2. The fraction of sp³-hybridized carbons (Fsp3) is 0.800. The van der Waals surface area contributed by atoms with Crippen LogP contribution in [-0.4, -0.2) is 216 Å². The number of urea groups is 1. The van der Waals surface area contributed by atoms with Crippen molar-refractivity contribution in [3.63, 3.8) is 0 Å². The fourth-order valence-electron chi connectivity index (χ4n) is 9.45. The zero-order valence-electron chi connectivity index (χ0n) is 72.6. The zero-order valence-corrected chi connectivity index (χ0v) is 73.4. The van der Waals surface area contributed by atoms with E-state index in [0.717, 1.165) is 49.9 Å². The van der Waals surface area contributed by atoms with E-state index in [-0.39, 0.29) is 94.9 Å². The van der Waals surface area contributed by atoms with Crippen LogP contribution in [0.1, 0.15) is 307 Å². The van der Waals surface area contributed by atoms with Crippen LogP contribution in [0.15, 0.2) is 41.3 Å². The molecule has 0 atom stereocenters. The average molecular weight is 1470 g/mol. The van der Waals surface area contributed by atoms with Crippen molar-refractivity contribution in [1.29, 1.82) is 0 Å². The summed E-state index contributed by atoms with van der Waals surface area (Å²) < 4.78 is 1.69. The number of nitrogens with zero attached hydrogens (tertiary/aromatic N) is 9. The number of amides is 10. The molecule has 7 saturated heterocycles. The van der Waals surface area contributed by atoms with Gasteiger partial charge in [0, 0.05) is 143 Å². The van der Waals surface area contributed by atoms with Gasteiger partial charge in [-0.2, -0.15) is 0 Å². The molecule has 0 aromatic carbocycles. The number of carbonyl (C=O) groups excluding carboxylic acids is 9. The van der Waals surface area contributed by atoms with E-state index < -0.39 is 0 Å². The largest absolute Gasteiger partial charge is 0.330 e. The second kappa shape index (κ2) is 75.4. The van der Waals surface area contributed by atoms with Gasteiger partial charge in [-0.05, 0) is 183 Å². The number of piperidine rings is 1. The molecule has 8 aliphatic rings. The number of imide groups is 4. The quantitative estimate of drug-likeness (QED) is 0.173. The zero-order chi connectivity index (χ0) is 82.0. The van der Waals surface area contributed by atoms with Gasteiger partial charge in [0.15, 0.2) is 0 Å². The fourth-order valence-corrected chi connectivity index (χ4v) is 10.4. The van der Waals surface area contributed by atoms with E-state index in [9.17, 15) is 47.9 Å². The molecule has 0 aliphatic carbocycles. The minimum Gasteiger partial charge on any atom is -0.330 e. The number of carbonyl (C=O) groups is 9. The van der Waals surface area contributed by atoms with Crippen molar-refractivity contribution in [2.45, 2.75) is 355 Å². The summed E-state index contributed by atoms with van der Waals surface area (Å²) in [6.45, 7) is 83.4. The summed E-state index contributed by atoms with van der Waals surface area (Å²) in [6, 6.07) is 7.82. The maximum atomic E-state index is 11.2. The van der Waals surface area contributed by atoms with Gasteiger partial charge in [-0.25, -0.2) is 4.79 Å². The van der Waals surface area contributed by atoms with Crippen LogP contribution < -0.4 is 16.2 Å². The molecule has 7 fully saturated rings. The summed E-state index contributed by atoms with van der Waals surface area (Å²) >= 11 is 1.42. The smallest absolute Gasteiger partial charge is 0.324 e. The van der Waals surface area contributed by atoms with E-state index in [4.69, 9.17) is 0 Å². The molecule has 2 N–H and O–H groups in total. The molecule has 102 heavy (non-hydrogen) atoms. The van der Waals surface area contributed by atoms with Crippen LogP contribution in [0, 0.1) is 0 Å². The van der Waals surface area contributed by atoms with E-state index in [1.807, 2.05) is 219 Å². The Hall–Kier alpha value is -5.29. The highest BCUT2D eigenvalue weighted by Crippen LogP contribution is 2.20. The topological polar surface area (TPSA) is 226 Å². The summed E-state index contributed by atoms with van der Waals surface area (Å²) in [5.74, 6) is 0.323. The number of piperazine rings is 1. The van der Waals surface area contributed by atoms with Crippen LogP contribution in [0.25, 0.3) is 0 Å². The van der Waals surface area contributed by atoms with Crippen molar-refractivity contribution in [1.82, 2.24) is 54.4 Å². The van der Waals surface area contributed by atoms with E-state index >= 15 is 0 Å². The summed E-state index contributed by atoms with van der Waals surface area (Å²) in [4.78, 5) is 124. The Bertz CT molecular complexity index is 2200. The number of hydrogen-bond donors (Lipinski definition) is 2. The Morgan fingerprint density at radius 3 is 0.882 bits per heavy atom. The highest BCUT2D eigenvalue weighted by atomic mass is 32.2. The summed E-state index contributed by atoms with van der Waals surface area (Å²) in [5.41, 5.74) is 0.0671. The van der Waals surface area contributed by atoms with Crippen molar-refractivity contribution in [2.75, 3.05) is 71.2 Å². The van der Waals surface area contributed by atoms with Crippen molar-refractivity contribution in [3.8, 4) is 0 Å². The van der Waals surface area contributed by atoms with E-state index in [1.54, 1.807) is 22.9 Å². The van der Waals surface area contributed by atoms with Crippen LogP contribution in [0.3, 0.4) is 0 Å². The summed E-state index contributed by atoms with van der Waals surface area (Å²) in [6.07, 6.45) is 11.2. The number of pyridine rings is 1. The van der Waals surface area contributed by atoms with E-state index in [0.29, 0.717) is 31.7 Å². The van der Waals surface area contributed by atoms with Crippen molar-refractivity contribution < 1.29 is 43.2 Å². The highest BCUT2D eigenvalue weighted by Gasteiger charge is 2.32. The predicted molar refractivity (Wildman–Crippen MR) is 438 cm³/mol. The molecule has 9 rings (SSSR count). The lowest BCUT2D eigenvalue weighted by Crippen LogP contribution is -2.46. The number of likely N-dealkylation sites (tertiary alicyclic amines) is 4. The SMILES string of the molecule is CC.CC.CC.CC.CC.CC.CC.CC.CC.CC(C)N1C(=O)C=CC1=O.CC(C)N1C(=O)CCC1=O.CC(C)N1C(=O)CCCC1=O.CC(C)N1C(=O)CNC1=O.CC(C)N1CCC1.CC(C)N1CCCC1.CC(C)N1CCNCC1.CC(C)N1CCSC1=O.CC(C)n1ccccc1=O. The van der Waals surface area contributed by atoms with Crippen LogP contribution in [0.2, 0.25) is 0 Å². The van der Waals surface area contributed by atoms with Gasteiger partial charge < -0.3 is 29.9 Å². The molecule has 0 radical (unpaired) electrons. The molecule has 22 heteroatoms. The minimum absolute atomic E-state index is 0.0174. The number of rotatable bonds is 9. The molecule has 0 bridgehead atoms. The maximum Gasteiger partial charge on any atom is 0.324 e. The Balaban J connectivity index is -0.000000133. The second-order valence-electron chi connectivity index (χ2n) is 24.0. The van der Waals surface area contributed by atoms with Gasteiger partial charge in [0.05, 0.1) is 6.54 Å². The number of hydrogen-bond acceptors (Lipinski definition) is 15. The molecule has 0 unspecified atom stereocenters. The average Bonchev–Trinajstić information content (AvgIpc) is 0.967. The van der Waals surface area contributed by atoms with E-state index in [1.165, 1.54) is 102 Å². The highest BCUT2D eigenvalue weighted by molar-refractivity contribution is 8.13. The summed E-state index contributed by atoms with van der Waals surface area (Å²) in [7, 11) is 0. The van der Waals surface area contributed by atoms with Crippen LogP contribution in [-0.2, 0) is 33.6 Å². The lowest BCUT2D eigenvalue weighted by atomic mass is 10.1. The third-order valence-electron chi connectivity index (χ3n) is 14.4. The Morgan fingerprint density at radius 1 is 0.343 bits per heavy atom. The van der Waals surface area contributed by atoms with Gasteiger partial charge in [0.2, 0.25) is 29.5 Å². The van der Waals surface area contributed by atoms with Gasteiger partial charge in [0.1, 0.15) is 0 Å². The third-order valence-corrected chi connectivity index (χ3v) is 15.3. The normalized spacial score (nSPS) is 16.2. The molecular formula is C80H163N11O10S. The molecule has 604 valence electrons. The first-order valence-electron chi connectivity index (χ1n) is 39.7. The van der Waals surface area contributed by atoms with Gasteiger partial charge in [-0.1, -0.05) is 142 Å². The molecule has 9 heterocycles. The van der Waals surface area contributed by atoms with Crippen LogP contribution >= 0.6 is 11.8 Å². The van der Waals surface area contributed by atoms with Gasteiger partial charge in [0.25, 0.3) is 22.6 Å². The molecule has 1 aromatic heterocycles. The lowest BCUT2D eigenvalue weighted by molar-refractivity contribution is -0.150. The molecule has 21 nitrogen and oxygen atoms in total. The first kappa shape index (κ1) is 115. The Morgan fingerprint density at radius 2 is 0.686 bits per heavy atom. The molecular weight excluding hydrogens is 1310 g/mol. The van der Waals surface area contributed by atoms with E-state index in [2.05, 4.69) is 66.9 Å². The lowest BCUT2D eigenvalue weighted by Gasteiger charge is -2.34. The Kier molecular flexibility index (Phi) is 85.1. The number of nitrogens with one attached hydrogen (secondary N) is 2. The molecule has 10 amide bonds. The van der Waals surface area contributed by atoms with Crippen LogP contribution in [0.5, 0.6) is 0 Å². The first-order chi connectivity index (χ1) is 48.3. The Labute approximate surface area is 632 Å². The first-order valence-corrected chi connectivity index (χ1v) is 40.7. The van der Waals surface area contributed by atoms with Crippen molar-refractivity contribution in [3.05, 3.63) is 46.9 Å². The predicted octanol–water partition coefficient (Wildman–Crippen LogP) is 16.9. The van der Waals surface area contributed by atoms with Gasteiger partial charge >= 0.3 is 6.03 Å². The standard InChI is InChI=1S/C8H13NO2.C8H11NO.C7H16N2.C7H11NO2.C7H9NO2.C7H15N.C6H10N2O2.C6H11NOS.C6H13N.9C2H6/c1-6(2)9-7(10)4-3-5-8(9)11;1-7(2)9-6-4-3-5-8(9)10;1-7(2)9-5-3-8-4-6-9;2*1-5(2)8-6(9)3-4-7(8)10;1-7(2)8-5-3-4-6-8;1-4(2)8-5(9)3-7-6(8)10;1-5(2)7-3-4-9-6(7)8;1-6(2)7-4-3-5-7;9*1-2/h6H,3-5H2,1-2H3;3-7H,1-2H3;7-8H,3-6H2,1-2H3;5H,3-4H2,1-2H3;3-5H,1-2H3;7H,3-6H2,1-2H3;4H,3H2,1-2H3,(H,7,10);5H,3-4H2,1-2H3;6H,3-5H2,1-2H3;9*1-2H3. The second-order valence-corrected chi connectivity index (χ2v) is 25.0. The van der Waals surface area contributed by atoms with Gasteiger partial charge in [-0.15, -0.1) is 0 Å². The number of aromatic nitrogens is 1. The third kappa shape index (κ3) is 52.6. The number of thioether (sulfide) groups is 1.